The second-order valence-electron chi connectivity index (χ2n) is 7.55. The van der Waals surface area contributed by atoms with Crippen molar-refractivity contribution in [1.82, 2.24) is 14.9 Å². The Morgan fingerprint density at radius 2 is 2.14 bits per heavy atom. The number of nitrogens with zero attached hydrogens (tertiary/aromatic N) is 2. The van der Waals surface area contributed by atoms with E-state index < -0.39 is 0 Å². The van der Waals surface area contributed by atoms with Crippen LogP contribution in [0.2, 0.25) is 5.02 Å². The van der Waals surface area contributed by atoms with Gasteiger partial charge in [0.2, 0.25) is 5.91 Å². The van der Waals surface area contributed by atoms with E-state index in [1.54, 1.807) is 23.5 Å². The van der Waals surface area contributed by atoms with Crippen LogP contribution in [0.3, 0.4) is 0 Å². The molecule has 2 aromatic heterocycles. The molecule has 5 nitrogen and oxygen atoms in total. The Balaban J connectivity index is 1.54. The lowest BCUT2D eigenvalue weighted by Crippen LogP contribution is -2.34. The Hall–Kier alpha value is -2.18. The molecule has 28 heavy (non-hydrogen) atoms. The molecule has 1 aliphatic rings. The molecule has 4 rings (SSSR count). The summed E-state index contributed by atoms with van der Waals surface area (Å²) in [5, 5.41) is 4.29. The molecule has 0 saturated carbocycles. The van der Waals surface area contributed by atoms with Crippen LogP contribution in [0.1, 0.15) is 42.3 Å². The minimum atomic E-state index is -0.219. The van der Waals surface area contributed by atoms with Gasteiger partial charge in [0.15, 0.2) is 0 Å². The molecule has 2 atom stereocenters. The number of hydrogen-bond donors (Lipinski definition) is 1. The summed E-state index contributed by atoms with van der Waals surface area (Å²) in [4.78, 5) is 32.0. The molecule has 1 amide bonds. The third kappa shape index (κ3) is 3.71. The Morgan fingerprint density at radius 3 is 2.89 bits per heavy atom. The number of halogens is 1. The highest BCUT2D eigenvalue weighted by atomic mass is 35.5. The van der Waals surface area contributed by atoms with Crippen LogP contribution < -0.4 is 10.9 Å². The van der Waals surface area contributed by atoms with Crippen LogP contribution in [-0.2, 0) is 24.2 Å². The second-order valence-corrected chi connectivity index (χ2v) is 9.07. The highest BCUT2D eigenvalue weighted by molar-refractivity contribution is 7.18. The second kappa shape index (κ2) is 7.68. The van der Waals surface area contributed by atoms with Crippen LogP contribution >= 0.6 is 22.9 Å². The molecule has 0 aliphatic heterocycles. The van der Waals surface area contributed by atoms with Crippen LogP contribution in [0.5, 0.6) is 0 Å². The van der Waals surface area contributed by atoms with Gasteiger partial charge in [0.25, 0.3) is 5.56 Å². The molecule has 1 aromatic carbocycles. The van der Waals surface area contributed by atoms with Gasteiger partial charge in [-0.25, -0.2) is 4.98 Å². The van der Waals surface area contributed by atoms with Gasteiger partial charge in [-0.2, -0.15) is 0 Å². The van der Waals surface area contributed by atoms with E-state index in [0.29, 0.717) is 16.3 Å². The SMILES string of the molecule is C[C@H]1CCc2c(sc3ncn(CC(=O)N[C@H](C)c4ccc(Cl)cc4)c(=O)c23)C1. The molecule has 0 unspecified atom stereocenters. The minimum absolute atomic E-state index is 0.0409. The number of thiophene rings is 1. The van der Waals surface area contributed by atoms with E-state index in [1.165, 1.54) is 15.8 Å². The van der Waals surface area contributed by atoms with Gasteiger partial charge in [-0.3, -0.25) is 14.2 Å². The Bertz CT molecular complexity index is 1090. The Morgan fingerprint density at radius 1 is 1.39 bits per heavy atom. The average Bonchev–Trinajstić information content (AvgIpc) is 3.02. The number of benzene rings is 1. The number of hydrogen-bond acceptors (Lipinski definition) is 4. The molecular formula is C21H22ClN3O2S. The van der Waals surface area contributed by atoms with E-state index in [9.17, 15) is 9.59 Å². The van der Waals surface area contributed by atoms with Gasteiger partial charge in [-0.1, -0.05) is 30.7 Å². The maximum atomic E-state index is 13.0. The number of fused-ring (bicyclic) bond motifs is 3. The van der Waals surface area contributed by atoms with E-state index in [4.69, 9.17) is 11.6 Å². The largest absolute Gasteiger partial charge is 0.348 e. The first-order valence-electron chi connectivity index (χ1n) is 9.47. The summed E-state index contributed by atoms with van der Waals surface area (Å²) in [5.74, 6) is 0.423. The van der Waals surface area contributed by atoms with Crippen molar-refractivity contribution in [3.8, 4) is 0 Å². The van der Waals surface area contributed by atoms with Gasteiger partial charge in [0.1, 0.15) is 11.4 Å². The van der Waals surface area contributed by atoms with Crippen molar-refractivity contribution >= 4 is 39.1 Å². The lowest BCUT2D eigenvalue weighted by atomic mass is 9.89. The molecule has 0 radical (unpaired) electrons. The first-order chi connectivity index (χ1) is 13.4. The maximum absolute atomic E-state index is 13.0. The summed E-state index contributed by atoms with van der Waals surface area (Å²) >= 11 is 7.53. The van der Waals surface area contributed by atoms with Gasteiger partial charge in [-0.05, 0) is 55.4 Å². The van der Waals surface area contributed by atoms with Gasteiger partial charge < -0.3 is 5.32 Å². The fourth-order valence-corrected chi connectivity index (χ4v) is 5.22. The highest BCUT2D eigenvalue weighted by Crippen LogP contribution is 2.35. The summed E-state index contributed by atoms with van der Waals surface area (Å²) < 4.78 is 1.41. The van der Waals surface area contributed by atoms with Crippen molar-refractivity contribution in [3.05, 3.63) is 62.0 Å². The molecule has 0 saturated heterocycles. The van der Waals surface area contributed by atoms with E-state index in [2.05, 4.69) is 17.2 Å². The summed E-state index contributed by atoms with van der Waals surface area (Å²) in [6.07, 6.45) is 4.50. The summed E-state index contributed by atoms with van der Waals surface area (Å²) in [6, 6.07) is 7.18. The van der Waals surface area contributed by atoms with Crippen LogP contribution in [0, 0.1) is 5.92 Å². The molecule has 7 heteroatoms. The lowest BCUT2D eigenvalue weighted by Gasteiger charge is -2.17. The van der Waals surface area contributed by atoms with E-state index in [-0.39, 0.29) is 24.1 Å². The van der Waals surface area contributed by atoms with Crippen LogP contribution in [-0.4, -0.2) is 15.5 Å². The molecule has 0 spiro atoms. The van der Waals surface area contributed by atoms with Crippen LogP contribution in [0.4, 0.5) is 0 Å². The summed E-state index contributed by atoms with van der Waals surface area (Å²) in [7, 11) is 0. The number of nitrogens with one attached hydrogen (secondary N) is 1. The number of carbonyl (C=O) groups excluding carboxylic acids is 1. The fourth-order valence-electron chi connectivity index (χ4n) is 3.76. The predicted octanol–water partition coefficient (Wildman–Crippen LogP) is 4.11. The van der Waals surface area contributed by atoms with Crippen molar-refractivity contribution in [3.63, 3.8) is 0 Å². The Labute approximate surface area is 172 Å². The topological polar surface area (TPSA) is 64.0 Å². The standard InChI is InChI=1S/C21H22ClN3O2S/c1-12-3-8-16-17(9-12)28-20-19(16)21(27)25(11-23-20)10-18(26)24-13(2)14-4-6-15(22)7-5-14/h4-7,11-13H,3,8-10H2,1-2H3,(H,24,26)/t12-,13+/m0/s1. The van der Waals surface area contributed by atoms with Crippen LogP contribution in [0.15, 0.2) is 35.4 Å². The van der Waals surface area contributed by atoms with Crippen molar-refractivity contribution < 1.29 is 4.79 Å². The van der Waals surface area contributed by atoms with Gasteiger partial charge >= 0.3 is 0 Å². The monoisotopic (exact) mass is 415 g/mol. The zero-order valence-electron chi connectivity index (χ0n) is 15.9. The number of amides is 1. The Kier molecular flexibility index (Phi) is 5.25. The third-order valence-electron chi connectivity index (χ3n) is 5.34. The van der Waals surface area contributed by atoms with Crippen molar-refractivity contribution in [1.29, 1.82) is 0 Å². The van der Waals surface area contributed by atoms with Crippen molar-refractivity contribution in [2.75, 3.05) is 0 Å². The van der Waals surface area contributed by atoms with Gasteiger partial charge in [0, 0.05) is 9.90 Å². The molecule has 1 N–H and O–H groups in total. The summed E-state index contributed by atoms with van der Waals surface area (Å²) in [6.45, 7) is 4.10. The zero-order chi connectivity index (χ0) is 19.8. The maximum Gasteiger partial charge on any atom is 0.262 e. The van der Waals surface area contributed by atoms with Gasteiger partial charge in [0.05, 0.1) is 17.8 Å². The molecule has 1 aliphatic carbocycles. The third-order valence-corrected chi connectivity index (χ3v) is 6.76. The summed E-state index contributed by atoms with van der Waals surface area (Å²) in [5.41, 5.74) is 1.98. The van der Waals surface area contributed by atoms with Gasteiger partial charge in [-0.15, -0.1) is 11.3 Å². The normalized spacial score (nSPS) is 17.3. The quantitative estimate of drug-likeness (QED) is 0.697. The minimum Gasteiger partial charge on any atom is -0.348 e. The molecule has 0 bridgehead atoms. The van der Waals surface area contributed by atoms with Crippen molar-refractivity contribution in [2.45, 2.75) is 45.7 Å². The average molecular weight is 416 g/mol. The number of rotatable bonds is 4. The number of carbonyl (C=O) groups is 1. The number of aromatic nitrogens is 2. The fraction of sp³-hybridized carbons (Fsp3) is 0.381. The van der Waals surface area contributed by atoms with E-state index >= 15 is 0 Å². The first kappa shape index (κ1) is 19.2. The molecular weight excluding hydrogens is 394 g/mol. The molecule has 2 heterocycles. The van der Waals surface area contributed by atoms with Crippen molar-refractivity contribution in [2.24, 2.45) is 5.92 Å². The van der Waals surface area contributed by atoms with E-state index in [1.807, 2.05) is 19.1 Å². The lowest BCUT2D eigenvalue weighted by molar-refractivity contribution is -0.122. The number of aryl methyl sites for hydroxylation is 1. The first-order valence-corrected chi connectivity index (χ1v) is 10.7. The highest BCUT2D eigenvalue weighted by Gasteiger charge is 2.23. The smallest absolute Gasteiger partial charge is 0.262 e. The molecule has 146 valence electrons. The predicted molar refractivity (Wildman–Crippen MR) is 113 cm³/mol. The molecule has 0 fully saturated rings. The zero-order valence-corrected chi connectivity index (χ0v) is 17.4. The molecule has 3 aromatic rings. The van der Waals surface area contributed by atoms with Crippen LogP contribution in [0.25, 0.3) is 10.2 Å². The van der Waals surface area contributed by atoms with E-state index in [0.717, 1.165) is 35.2 Å².